The molecule has 0 bridgehead atoms. The van der Waals surface area contributed by atoms with Crippen molar-refractivity contribution in [3.8, 4) is 5.75 Å². The second-order valence-corrected chi connectivity index (χ2v) is 3.65. The van der Waals surface area contributed by atoms with Crippen molar-refractivity contribution in [2.24, 2.45) is 0 Å². The average Bonchev–Trinajstić information content (AvgIpc) is 2.42. The molecule has 0 spiro atoms. The lowest BCUT2D eigenvalue weighted by Crippen LogP contribution is -2.20. The van der Waals surface area contributed by atoms with Crippen LogP contribution in [0.15, 0.2) is 42.7 Å². The number of anilines is 1. The van der Waals surface area contributed by atoms with Gasteiger partial charge in [-0.2, -0.15) is 0 Å². The molecule has 6 heteroatoms. The monoisotopic (exact) mass is 264 g/mol. The highest BCUT2D eigenvalue weighted by Crippen LogP contribution is 2.13. The Balaban J connectivity index is 1.89. The van der Waals surface area contributed by atoms with Crippen molar-refractivity contribution in [1.82, 2.24) is 4.98 Å². The summed E-state index contributed by atoms with van der Waals surface area (Å²) in [6, 6.07) is 6.42. The van der Waals surface area contributed by atoms with Crippen molar-refractivity contribution < 1.29 is 18.3 Å². The zero-order valence-electron chi connectivity index (χ0n) is 9.77. The molecule has 1 amide bonds. The number of nitrogens with zero attached hydrogens (tertiary/aromatic N) is 1. The molecule has 0 unspecified atom stereocenters. The number of nitrogens with one attached hydrogen (secondary N) is 1. The molecule has 2 rings (SSSR count). The minimum absolute atomic E-state index is 0.165. The molecule has 0 aliphatic carbocycles. The van der Waals surface area contributed by atoms with E-state index in [0.717, 1.165) is 12.1 Å². The lowest BCUT2D eigenvalue weighted by atomic mass is 10.3. The quantitative estimate of drug-likeness (QED) is 0.922. The Morgan fingerprint density at radius 1 is 1.26 bits per heavy atom. The topological polar surface area (TPSA) is 51.2 Å². The van der Waals surface area contributed by atoms with Gasteiger partial charge >= 0.3 is 0 Å². The largest absolute Gasteiger partial charge is 0.482 e. The zero-order chi connectivity index (χ0) is 13.7. The third-order valence-electron chi connectivity index (χ3n) is 2.21. The molecule has 1 aromatic carbocycles. The van der Waals surface area contributed by atoms with E-state index in [4.69, 9.17) is 4.74 Å². The molecule has 0 fully saturated rings. The Hall–Kier alpha value is -2.50. The fraction of sp³-hybridized carbons (Fsp3) is 0.0769. The molecule has 1 aromatic heterocycles. The van der Waals surface area contributed by atoms with Crippen molar-refractivity contribution in [1.29, 1.82) is 0 Å². The Kier molecular flexibility index (Phi) is 4.02. The highest BCUT2D eigenvalue weighted by molar-refractivity contribution is 5.91. The van der Waals surface area contributed by atoms with Crippen LogP contribution in [0.25, 0.3) is 0 Å². The predicted octanol–water partition coefficient (Wildman–Crippen LogP) is 2.38. The summed E-state index contributed by atoms with van der Waals surface area (Å²) in [6.45, 7) is -0.245. The number of pyridine rings is 1. The highest BCUT2D eigenvalue weighted by atomic mass is 19.2. The van der Waals surface area contributed by atoms with Crippen LogP contribution in [0.2, 0.25) is 0 Å². The SMILES string of the molecule is O=C(COc1cccnc1)Nc1ccc(F)c(F)c1. The minimum atomic E-state index is -1.02. The van der Waals surface area contributed by atoms with Crippen LogP contribution in [0, 0.1) is 11.6 Å². The fourth-order valence-corrected chi connectivity index (χ4v) is 1.35. The van der Waals surface area contributed by atoms with Crippen LogP contribution in [0.1, 0.15) is 0 Å². The number of benzene rings is 1. The standard InChI is InChI=1S/C13H10F2N2O2/c14-11-4-3-9(6-12(11)15)17-13(18)8-19-10-2-1-5-16-7-10/h1-7H,8H2,(H,17,18). The van der Waals surface area contributed by atoms with E-state index in [9.17, 15) is 13.6 Å². The van der Waals surface area contributed by atoms with E-state index in [1.165, 1.54) is 12.3 Å². The molecule has 19 heavy (non-hydrogen) atoms. The third kappa shape index (κ3) is 3.74. The summed E-state index contributed by atoms with van der Waals surface area (Å²) in [5, 5.41) is 2.39. The molecule has 0 saturated heterocycles. The van der Waals surface area contributed by atoms with Gasteiger partial charge in [0, 0.05) is 18.0 Å². The van der Waals surface area contributed by atoms with Crippen LogP contribution in [-0.4, -0.2) is 17.5 Å². The normalized spacial score (nSPS) is 10.0. The molecule has 0 aliphatic heterocycles. The maximum atomic E-state index is 12.9. The van der Waals surface area contributed by atoms with Crippen LogP contribution < -0.4 is 10.1 Å². The van der Waals surface area contributed by atoms with Crippen LogP contribution in [0.3, 0.4) is 0 Å². The van der Waals surface area contributed by atoms with E-state index in [0.29, 0.717) is 5.75 Å². The Morgan fingerprint density at radius 2 is 2.11 bits per heavy atom. The lowest BCUT2D eigenvalue weighted by molar-refractivity contribution is -0.118. The molecule has 0 aliphatic rings. The van der Waals surface area contributed by atoms with Crippen LogP contribution >= 0.6 is 0 Å². The highest BCUT2D eigenvalue weighted by Gasteiger charge is 2.06. The van der Waals surface area contributed by atoms with Crippen molar-refractivity contribution in [3.05, 3.63) is 54.4 Å². The van der Waals surface area contributed by atoms with Gasteiger partial charge in [-0.05, 0) is 24.3 Å². The summed E-state index contributed by atoms with van der Waals surface area (Å²) in [6.07, 6.45) is 3.04. The Bertz CT molecular complexity index is 576. The summed E-state index contributed by atoms with van der Waals surface area (Å²) in [7, 11) is 0. The number of hydrogen-bond acceptors (Lipinski definition) is 3. The Labute approximate surface area is 108 Å². The van der Waals surface area contributed by atoms with E-state index >= 15 is 0 Å². The number of hydrogen-bond donors (Lipinski definition) is 1. The first-order valence-electron chi connectivity index (χ1n) is 5.43. The van der Waals surface area contributed by atoms with Gasteiger partial charge < -0.3 is 10.1 Å². The van der Waals surface area contributed by atoms with E-state index in [1.54, 1.807) is 18.3 Å². The van der Waals surface area contributed by atoms with Crippen LogP contribution in [0.4, 0.5) is 14.5 Å². The maximum absolute atomic E-state index is 12.9. The zero-order valence-corrected chi connectivity index (χ0v) is 9.77. The molecule has 0 radical (unpaired) electrons. The number of carbonyl (C=O) groups is 1. The number of halogens is 2. The molecular formula is C13H10F2N2O2. The minimum Gasteiger partial charge on any atom is -0.482 e. The summed E-state index contributed by atoms with van der Waals surface area (Å²) >= 11 is 0. The molecule has 4 nitrogen and oxygen atoms in total. The van der Waals surface area contributed by atoms with Gasteiger partial charge in [-0.1, -0.05) is 0 Å². The van der Waals surface area contributed by atoms with Gasteiger partial charge in [0.15, 0.2) is 18.2 Å². The van der Waals surface area contributed by atoms with Gasteiger partial charge in [-0.25, -0.2) is 8.78 Å². The smallest absolute Gasteiger partial charge is 0.262 e. The number of carbonyl (C=O) groups excluding carboxylic acids is 1. The van der Waals surface area contributed by atoms with Gasteiger partial charge in [0.2, 0.25) is 0 Å². The van der Waals surface area contributed by atoms with Gasteiger partial charge in [0.25, 0.3) is 5.91 Å². The number of aromatic nitrogens is 1. The van der Waals surface area contributed by atoms with E-state index in [-0.39, 0.29) is 12.3 Å². The van der Waals surface area contributed by atoms with E-state index in [2.05, 4.69) is 10.3 Å². The van der Waals surface area contributed by atoms with Crippen molar-refractivity contribution in [2.45, 2.75) is 0 Å². The predicted molar refractivity (Wildman–Crippen MR) is 64.7 cm³/mol. The molecule has 2 aromatic rings. The van der Waals surface area contributed by atoms with Crippen molar-refractivity contribution >= 4 is 11.6 Å². The average molecular weight is 264 g/mol. The van der Waals surface area contributed by atoms with E-state index in [1.807, 2.05) is 0 Å². The summed E-state index contributed by atoms with van der Waals surface area (Å²) in [5.74, 6) is -2.02. The number of ether oxygens (including phenoxy) is 1. The Morgan fingerprint density at radius 3 is 2.79 bits per heavy atom. The summed E-state index contributed by atoms with van der Waals surface area (Å²) in [4.78, 5) is 15.3. The fourth-order valence-electron chi connectivity index (χ4n) is 1.35. The number of rotatable bonds is 4. The van der Waals surface area contributed by atoms with Gasteiger partial charge in [0.1, 0.15) is 5.75 Å². The molecule has 1 N–H and O–H groups in total. The molecule has 0 atom stereocenters. The maximum Gasteiger partial charge on any atom is 0.262 e. The van der Waals surface area contributed by atoms with Crippen molar-refractivity contribution in [2.75, 3.05) is 11.9 Å². The third-order valence-corrected chi connectivity index (χ3v) is 2.21. The second-order valence-electron chi connectivity index (χ2n) is 3.65. The molecule has 0 saturated carbocycles. The van der Waals surface area contributed by atoms with Gasteiger partial charge in [0.05, 0.1) is 6.20 Å². The summed E-state index contributed by atoms with van der Waals surface area (Å²) in [5.41, 5.74) is 0.165. The molecule has 1 heterocycles. The van der Waals surface area contributed by atoms with Gasteiger partial charge in [-0.15, -0.1) is 0 Å². The molecule has 98 valence electrons. The first-order valence-corrected chi connectivity index (χ1v) is 5.43. The molecular weight excluding hydrogens is 254 g/mol. The second kappa shape index (κ2) is 5.90. The summed E-state index contributed by atoms with van der Waals surface area (Å²) < 4.78 is 30.8. The first-order chi connectivity index (χ1) is 9.15. The van der Waals surface area contributed by atoms with Crippen LogP contribution in [-0.2, 0) is 4.79 Å². The van der Waals surface area contributed by atoms with E-state index < -0.39 is 17.5 Å². The van der Waals surface area contributed by atoms with Crippen LogP contribution in [0.5, 0.6) is 5.75 Å². The van der Waals surface area contributed by atoms with Gasteiger partial charge in [-0.3, -0.25) is 9.78 Å². The first kappa shape index (κ1) is 12.9. The number of amides is 1. The van der Waals surface area contributed by atoms with Crippen molar-refractivity contribution in [3.63, 3.8) is 0 Å². The lowest BCUT2D eigenvalue weighted by Gasteiger charge is -2.07.